The van der Waals surface area contributed by atoms with Gasteiger partial charge in [0.15, 0.2) is 0 Å². The Morgan fingerprint density at radius 3 is 3.00 bits per heavy atom. The van der Waals surface area contributed by atoms with Gasteiger partial charge in [-0.25, -0.2) is 0 Å². The molecule has 0 saturated carbocycles. The molecule has 0 N–H and O–H groups in total. The number of thioether (sulfide) groups is 1. The first-order chi connectivity index (χ1) is 11.2. The van der Waals surface area contributed by atoms with Crippen LogP contribution in [-0.2, 0) is 0 Å². The Hall–Kier alpha value is -1.40. The number of hydrogen-bond acceptors (Lipinski definition) is 4. The summed E-state index contributed by atoms with van der Waals surface area (Å²) in [7, 11) is 1.61. The molecule has 1 unspecified atom stereocenters. The minimum absolute atomic E-state index is 0.0384. The quantitative estimate of drug-likeness (QED) is 0.773. The van der Waals surface area contributed by atoms with Crippen LogP contribution in [0.5, 0.6) is 5.75 Å². The molecule has 1 amide bonds. The molecular weight excluding hydrogens is 378 g/mol. The molecule has 3 rings (SSSR count). The molecule has 122 valence electrons. The lowest BCUT2D eigenvalue weighted by molar-refractivity contribution is 0.0764. The number of hydrogen-bond donors (Lipinski definition) is 0. The third-order valence-electron chi connectivity index (χ3n) is 3.89. The summed E-state index contributed by atoms with van der Waals surface area (Å²) >= 11 is 5.31. The summed E-state index contributed by atoms with van der Waals surface area (Å²) < 4.78 is 11.5. The first-order valence-corrected chi connectivity index (χ1v) is 9.31. The predicted octanol–water partition coefficient (Wildman–Crippen LogP) is 4.37. The minimum Gasteiger partial charge on any atom is -0.497 e. The van der Waals surface area contributed by atoms with Crippen LogP contribution in [0.25, 0.3) is 0 Å². The van der Waals surface area contributed by atoms with Gasteiger partial charge >= 0.3 is 0 Å². The zero-order chi connectivity index (χ0) is 16.2. The van der Waals surface area contributed by atoms with Crippen molar-refractivity contribution in [3.8, 4) is 5.75 Å². The van der Waals surface area contributed by atoms with Crippen LogP contribution in [0.1, 0.15) is 27.8 Å². The molecule has 2 aromatic rings. The van der Waals surface area contributed by atoms with E-state index in [0.29, 0.717) is 16.6 Å². The second-order valence-electron chi connectivity index (χ2n) is 5.30. The van der Waals surface area contributed by atoms with E-state index in [9.17, 15) is 4.79 Å². The topological polar surface area (TPSA) is 42.7 Å². The molecule has 23 heavy (non-hydrogen) atoms. The highest BCUT2D eigenvalue weighted by atomic mass is 79.9. The Labute approximate surface area is 148 Å². The average Bonchev–Trinajstić information content (AvgIpc) is 2.99. The van der Waals surface area contributed by atoms with Crippen molar-refractivity contribution in [2.24, 2.45) is 0 Å². The van der Waals surface area contributed by atoms with Crippen molar-refractivity contribution >= 4 is 33.6 Å². The van der Waals surface area contributed by atoms with E-state index >= 15 is 0 Å². The van der Waals surface area contributed by atoms with E-state index in [-0.39, 0.29) is 5.91 Å². The lowest BCUT2D eigenvalue weighted by Gasteiger charge is -2.21. The fourth-order valence-electron chi connectivity index (χ4n) is 2.64. The summed E-state index contributed by atoms with van der Waals surface area (Å²) in [6.45, 7) is 1.46. The zero-order valence-corrected chi connectivity index (χ0v) is 15.2. The van der Waals surface area contributed by atoms with E-state index < -0.39 is 0 Å². The molecule has 1 fully saturated rings. The summed E-state index contributed by atoms with van der Waals surface area (Å²) in [4.78, 5) is 14.8. The maximum absolute atomic E-state index is 12.8. The molecule has 1 saturated heterocycles. The Bertz CT molecular complexity index is 674. The van der Waals surface area contributed by atoms with Gasteiger partial charge in [-0.3, -0.25) is 4.79 Å². The van der Waals surface area contributed by atoms with Gasteiger partial charge in [-0.2, -0.15) is 0 Å². The van der Waals surface area contributed by atoms with Crippen LogP contribution in [0.2, 0.25) is 0 Å². The van der Waals surface area contributed by atoms with Crippen LogP contribution in [0.3, 0.4) is 0 Å². The summed E-state index contributed by atoms with van der Waals surface area (Å²) in [6.07, 6.45) is 2.60. The number of amides is 1. The molecule has 4 nitrogen and oxygen atoms in total. The van der Waals surface area contributed by atoms with E-state index in [2.05, 4.69) is 15.9 Å². The molecule has 0 spiro atoms. The van der Waals surface area contributed by atoms with Crippen molar-refractivity contribution in [2.75, 3.05) is 26.0 Å². The molecule has 1 atom stereocenters. The second-order valence-corrected chi connectivity index (χ2v) is 7.47. The summed E-state index contributed by atoms with van der Waals surface area (Å²) in [5.74, 6) is 2.62. The highest BCUT2D eigenvalue weighted by Crippen LogP contribution is 2.35. The number of furan rings is 1. The highest BCUT2D eigenvalue weighted by Gasteiger charge is 2.25. The molecular formula is C17H18BrNO3S. The van der Waals surface area contributed by atoms with Crippen LogP contribution < -0.4 is 4.74 Å². The van der Waals surface area contributed by atoms with Gasteiger partial charge in [0.25, 0.3) is 5.91 Å². The van der Waals surface area contributed by atoms with Crippen LogP contribution in [0.4, 0.5) is 0 Å². The van der Waals surface area contributed by atoms with Gasteiger partial charge in [0, 0.05) is 23.3 Å². The smallest absolute Gasteiger partial charge is 0.255 e. The van der Waals surface area contributed by atoms with Gasteiger partial charge in [0.2, 0.25) is 0 Å². The number of benzene rings is 1. The average molecular weight is 396 g/mol. The first kappa shape index (κ1) is 16.5. The lowest BCUT2D eigenvalue weighted by Crippen LogP contribution is -2.33. The molecule has 6 heteroatoms. The second kappa shape index (κ2) is 7.45. The van der Waals surface area contributed by atoms with Gasteiger partial charge in [-0.05, 0) is 52.7 Å². The number of methoxy groups -OCH3 is 1. The number of carbonyl (C=O) groups is 1. The van der Waals surface area contributed by atoms with Crippen molar-refractivity contribution in [1.29, 1.82) is 0 Å². The third kappa shape index (κ3) is 3.75. The van der Waals surface area contributed by atoms with Crippen molar-refractivity contribution in [2.45, 2.75) is 11.7 Å². The minimum atomic E-state index is 0.0384. The molecule has 1 aromatic heterocycles. The van der Waals surface area contributed by atoms with Crippen LogP contribution >= 0.6 is 27.7 Å². The molecule has 0 aliphatic carbocycles. The largest absolute Gasteiger partial charge is 0.497 e. The number of nitrogens with zero attached hydrogens (tertiary/aromatic N) is 1. The van der Waals surface area contributed by atoms with E-state index in [1.165, 1.54) is 0 Å². The fourth-order valence-corrected chi connectivity index (χ4v) is 4.24. The Morgan fingerprint density at radius 1 is 1.39 bits per heavy atom. The maximum Gasteiger partial charge on any atom is 0.255 e. The van der Waals surface area contributed by atoms with Crippen molar-refractivity contribution in [1.82, 2.24) is 4.90 Å². The normalized spacial score (nSPS) is 18.5. The molecule has 2 heterocycles. The van der Waals surface area contributed by atoms with E-state index in [0.717, 1.165) is 35.5 Å². The molecule has 1 aliphatic heterocycles. The lowest BCUT2D eigenvalue weighted by atomic mass is 10.1. The standard InChI is InChI=1S/C17H18BrNO3S/c1-21-12-4-5-14(18)13(11-12)17(20)19-7-6-16(23-10-8-19)15-3-2-9-22-15/h2-5,9,11,16H,6-8,10H2,1H3. The zero-order valence-electron chi connectivity index (χ0n) is 12.8. The fraction of sp³-hybridized carbons (Fsp3) is 0.353. The monoisotopic (exact) mass is 395 g/mol. The van der Waals surface area contributed by atoms with Crippen LogP contribution in [0, 0.1) is 0 Å². The van der Waals surface area contributed by atoms with Crippen molar-refractivity contribution in [3.63, 3.8) is 0 Å². The van der Waals surface area contributed by atoms with Crippen LogP contribution in [0.15, 0.2) is 45.5 Å². The van der Waals surface area contributed by atoms with Crippen molar-refractivity contribution in [3.05, 3.63) is 52.4 Å². The van der Waals surface area contributed by atoms with Crippen LogP contribution in [-0.4, -0.2) is 36.8 Å². The van der Waals surface area contributed by atoms with Gasteiger partial charge in [-0.15, -0.1) is 11.8 Å². The Morgan fingerprint density at radius 2 is 2.26 bits per heavy atom. The van der Waals surface area contributed by atoms with Gasteiger partial charge in [-0.1, -0.05) is 0 Å². The van der Waals surface area contributed by atoms with Crippen molar-refractivity contribution < 1.29 is 13.9 Å². The highest BCUT2D eigenvalue weighted by molar-refractivity contribution is 9.10. The van der Waals surface area contributed by atoms with E-state index in [1.54, 1.807) is 19.4 Å². The Kier molecular flexibility index (Phi) is 5.33. The predicted molar refractivity (Wildman–Crippen MR) is 95.1 cm³/mol. The third-order valence-corrected chi connectivity index (χ3v) is 5.87. The van der Waals surface area contributed by atoms with E-state index in [4.69, 9.17) is 9.15 Å². The Balaban J connectivity index is 1.73. The summed E-state index contributed by atoms with van der Waals surface area (Å²) in [6, 6.07) is 9.40. The number of rotatable bonds is 3. The van der Waals surface area contributed by atoms with E-state index in [1.807, 2.05) is 40.9 Å². The number of halogens is 1. The molecule has 0 radical (unpaired) electrons. The summed E-state index contributed by atoms with van der Waals surface area (Å²) in [5.41, 5.74) is 0.644. The van der Waals surface area contributed by atoms with Gasteiger partial charge in [0.05, 0.1) is 24.2 Å². The first-order valence-electron chi connectivity index (χ1n) is 7.47. The number of carbonyl (C=O) groups excluding carboxylic acids is 1. The molecule has 1 aliphatic rings. The number of ether oxygens (including phenoxy) is 1. The molecule has 0 bridgehead atoms. The summed E-state index contributed by atoms with van der Waals surface area (Å²) in [5, 5.41) is 0.316. The molecule has 1 aromatic carbocycles. The SMILES string of the molecule is COc1ccc(Br)c(C(=O)N2CCSC(c3ccco3)CC2)c1. The van der Waals surface area contributed by atoms with Gasteiger partial charge < -0.3 is 14.1 Å². The van der Waals surface area contributed by atoms with Gasteiger partial charge in [0.1, 0.15) is 11.5 Å². The maximum atomic E-state index is 12.8.